The van der Waals surface area contributed by atoms with E-state index in [-0.39, 0.29) is 24.0 Å². The van der Waals surface area contributed by atoms with Gasteiger partial charge in [0.1, 0.15) is 16.8 Å². The SMILES string of the molecule is CC(C)c1nc(Cl)cc(NCCCC(F)(F)F)n1. The van der Waals surface area contributed by atoms with Crippen LogP contribution in [0.5, 0.6) is 0 Å². The second-order valence-corrected chi connectivity index (χ2v) is 4.62. The first-order chi connectivity index (χ1) is 8.28. The molecule has 1 aromatic heterocycles. The predicted molar refractivity (Wildman–Crippen MR) is 64.9 cm³/mol. The van der Waals surface area contributed by atoms with Crippen molar-refractivity contribution in [3.05, 3.63) is 17.0 Å². The molecule has 18 heavy (non-hydrogen) atoms. The smallest absolute Gasteiger partial charge is 0.370 e. The molecule has 0 aliphatic rings. The predicted octanol–water partition coefficient (Wildman–Crippen LogP) is 4.01. The topological polar surface area (TPSA) is 37.8 Å². The average molecular weight is 282 g/mol. The van der Waals surface area contributed by atoms with Crippen molar-refractivity contribution in [3.8, 4) is 0 Å². The van der Waals surface area contributed by atoms with E-state index in [0.717, 1.165) is 0 Å². The first-order valence-corrected chi connectivity index (χ1v) is 6.01. The molecule has 0 amide bonds. The fourth-order valence-corrected chi connectivity index (χ4v) is 1.48. The summed E-state index contributed by atoms with van der Waals surface area (Å²) < 4.78 is 35.8. The highest BCUT2D eigenvalue weighted by atomic mass is 35.5. The van der Waals surface area contributed by atoms with Gasteiger partial charge in [0, 0.05) is 24.9 Å². The largest absolute Gasteiger partial charge is 0.389 e. The third-order valence-corrected chi connectivity index (χ3v) is 2.37. The third kappa shape index (κ3) is 5.53. The van der Waals surface area contributed by atoms with E-state index in [1.54, 1.807) is 0 Å². The number of hydrogen-bond donors (Lipinski definition) is 1. The number of hydrogen-bond acceptors (Lipinski definition) is 3. The molecule has 7 heteroatoms. The first kappa shape index (κ1) is 15.0. The molecule has 1 heterocycles. The third-order valence-electron chi connectivity index (χ3n) is 2.17. The number of nitrogens with zero attached hydrogens (tertiary/aromatic N) is 2. The molecular formula is C11H15ClF3N3. The van der Waals surface area contributed by atoms with E-state index < -0.39 is 12.6 Å². The molecule has 0 bridgehead atoms. The van der Waals surface area contributed by atoms with Gasteiger partial charge in [0.15, 0.2) is 0 Å². The van der Waals surface area contributed by atoms with Crippen LogP contribution in [0.2, 0.25) is 5.15 Å². The monoisotopic (exact) mass is 281 g/mol. The van der Waals surface area contributed by atoms with Crippen molar-refractivity contribution in [2.75, 3.05) is 11.9 Å². The summed E-state index contributed by atoms with van der Waals surface area (Å²) in [5.74, 6) is 1.14. The highest BCUT2D eigenvalue weighted by Crippen LogP contribution is 2.21. The minimum Gasteiger partial charge on any atom is -0.370 e. The Hall–Kier alpha value is -1.04. The lowest BCUT2D eigenvalue weighted by Crippen LogP contribution is -2.12. The van der Waals surface area contributed by atoms with Gasteiger partial charge >= 0.3 is 6.18 Å². The molecule has 0 aromatic carbocycles. The van der Waals surface area contributed by atoms with Crippen LogP contribution in [0, 0.1) is 0 Å². The van der Waals surface area contributed by atoms with E-state index in [9.17, 15) is 13.2 Å². The van der Waals surface area contributed by atoms with Gasteiger partial charge in [0.05, 0.1) is 0 Å². The van der Waals surface area contributed by atoms with Crippen molar-refractivity contribution < 1.29 is 13.2 Å². The Morgan fingerprint density at radius 1 is 1.33 bits per heavy atom. The summed E-state index contributed by atoms with van der Waals surface area (Å²) in [4.78, 5) is 8.21. The average Bonchev–Trinajstić information content (AvgIpc) is 2.22. The molecular weight excluding hydrogens is 267 g/mol. The molecule has 0 aliphatic heterocycles. The molecule has 1 N–H and O–H groups in total. The highest BCUT2D eigenvalue weighted by molar-refractivity contribution is 6.29. The maximum absolute atomic E-state index is 11.9. The molecule has 0 unspecified atom stereocenters. The first-order valence-electron chi connectivity index (χ1n) is 5.63. The lowest BCUT2D eigenvalue weighted by molar-refractivity contribution is -0.134. The maximum atomic E-state index is 11.9. The van der Waals surface area contributed by atoms with E-state index in [1.807, 2.05) is 13.8 Å². The zero-order valence-corrected chi connectivity index (χ0v) is 10.9. The zero-order chi connectivity index (χ0) is 13.8. The molecule has 0 radical (unpaired) electrons. The van der Waals surface area contributed by atoms with Gasteiger partial charge in [0.25, 0.3) is 0 Å². The summed E-state index contributed by atoms with van der Waals surface area (Å²) in [7, 11) is 0. The van der Waals surface area contributed by atoms with Gasteiger partial charge in [-0.2, -0.15) is 13.2 Å². The molecule has 3 nitrogen and oxygen atoms in total. The van der Waals surface area contributed by atoms with E-state index in [2.05, 4.69) is 15.3 Å². The summed E-state index contributed by atoms with van der Waals surface area (Å²) >= 11 is 5.81. The normalized spacial score (nSPS) is 11.9. The van der Waals surface area contributed by atoms with Crippen molar-refractivity contribution in [1.82, 2.24) is 9.97 Å². The van der Waals surface area contributed by atoms with Crippen LogP contribution >= 0.6 is 11.6 Å². The molecule has 1 aromatic rings. The van der Waals surface area contributed by atoms with E-state index in [1.165, 1.54) is 6.07 Å². The second kappa shape index (κ2) is 6.22. The van der Waals surface area contributed by atoms with Gasteiger partial charge in [-0.3, -0.25) is 0 Å². The molecule has 0 spiro atoms. The molecule has 0 atom stereocenters. The highest BCUT2D eigenvalue weighted by Gasteiger charge is 2.25. The Morgan fingerprint density at radius 3 is 2.56 bits per heavy atom. The van der Waals surface area contributed by atoms with Crippen molar-refractivity contribution in [1.29, 1.82) is 0 Å². The molecule has 102 valence electrons. The molecule has 0 saturated heterocycles. The molecule has 0 fully saturated rings. The van der Waals surface area contributed by atoms with E-state index in [4.69, 9.17) is 11.6 Å². The lowest BCUT2D eigenvalue weighted by Gasteiger charge is -2.10. The Morgan fingerprint density at radius 2 is 2.00 bits per heavy atom. The minimum absolute atomic E-state index is 0.00212. The van der Waals surface area contributed by atoms with Crippen LogP contribution in [0.15, 0.2) is 6.07 Å². The van der Waals surface area contributed by atoms with E-state index in [0.29, 0.717) is 11.6 Å². The molecule has 0 saturated carbocycles. The second-order valence-electron chi connectivity index (χ2n) is 4.23. The Kier molecular flexibility index (Phi) is 5.19. The summed E-state index contributed by atoms with van der Waals surface area (Å²) in [6.07, 6.45) is -4.92. The summed E-state index contributed by atoms with van der Waals surface area (Å²) in [5, 5.41) is 3.10. The van der Waals surface area contributed by atoms with Crippen LogP contribution < -0.4 is 5.32 Å². The molecule has 0 aliphatic carbocycles. The van der Waals surface area contributed by atoms with Crippen LogP contribution in [0.3, 0.4) is 0 Å². The van der Waals surface area contributed by atoms with Crippen molar-refractivity contribution in [2.45, 2.75) is 38.8 Å². The van der Waals surface area contributed by atoms with Crippen molar-refractivity contribution in [2.24, 2.45) is 0 Å². The summed E-state index contributed by atoms with van der Waals surface area (Å²) in [6.45, 7) is 4.03. The Bertz CT molecular complexity index is 394. The van der Waals surface area contributed by atoms with Crippen LogP contribution in [-0.2, 0) is 0 Å². The zero-order valence-electron chi connectivity index (χ0n) is 10.2. The van der Waals surface area contributed by atoms with Crippen LogP contribution in [-0.4, -0.2) is 22.7 Å². The van der Waals surface area contributed by atoms with Gasteiger partial charge in [-0.1, -0.05) is 25.4 Å². The van der Waals surface area contributed by atoms with Gasteiger partial charge in [-0.05, 0) is 6.42 Å². The maximum Gasteiger partial charge on any atom is 0.389 e. The number of halogens is 4. The Labute approximate surface area is 109 Å². The van der Waals surface area contributed by atoms with E-state index >= 15 is 0 Å². The van der Waals surface area contributed by atoms with Crippen molar-refractivity contribution >= 4 is 17.4 Å². The number of nitrogens with one attached hydrogen (secondary N) is 1. The number of alkyl halides is 3. The van der Waals surface area contributed by atoms with Gasteiger partial charge in [-0.25, -0.2) is 9.97 Å². The van der Waals surface area contributed by atoms with Gasteiger partial charge < -0.3 is 5.32 Å². The number of aromatic nitrogens is 2. The summed E-state index contributed by atoms with van der Waals surface area (Å²) in [6, 6.07) is 1.50. The van der Waals surface area contributed by atoms with Gasteiger partial charge in [0.2, 0.25) is 0 Å². The lowest BCUT2D eigenvalue weighted by atomic mass is 10.2. The van der Waals surface area contributed by atoms with Crippen LogP contribution in [0.1, 0.15) is 38.4 Å². The van der Waals surface area contributed by atoms with Gasteiger partial charge in [-0.15, -0.1) is 0 Å². The Balaban J connectivity index is 2.52. The van der Waals surface area contributed by atoms with Crippen LogP contribution in [0.4, 0.5) is 19.0 Å². The van der Waals surface area contributed by atoms with Crippen molar-refractivity contribution in [3.63, 3.8) is 0 Å². The quantitative estimate of drug-likeness (QED) is 0.654. The fraction of sp³-hybridized carbons (Fsp3) is 0.636. The minimum atomic E-state index is -4.12. The summed E-state index contributed by atoms with van der Waals surface area (Å²) in [5.41, 5.74) is 0. The fourth-order valence-electron chi connectivity index (χ4n) is 1.29. The van der Waals surface area contributed by atoms with Crippen LogP contribution in [0.25, 0.3) is 0 Å². The molecule has 1 rings (SSSR count). The number of anilines is 1. The number of rotatable bonds is 5. The standard InChI is InChI=1S/C11H15ClF3N3/c1-7(2)10-17-8(12)6-9(18-10)16-5-3-4-11(13,14)15/h6-7H,3-5H2,1-2H3,(H,16,17,18).